The van der Waals surface area contributed by atoms with Crippen LogP contribution >= 0.6 is 0 Å². The van der Waals surface area contributed by atoms with E-state index in [2.05, 4.69) is 36.1 Å². The molecule has 1 aromatic heterocycles. The standard InChI is InChI=1S/C18H29N5O2.CH4O/c1-11-7-14(23-10-22-15-16(19)20-9-21-17(15)23)24-8-13(11)25-18(2,3)12-5-4-6-12;1-2/h9-14,16H,4-8,19H2,1-3H3,(H,20,21);2H,1H3. The van der Waals surface area contributed by atoms with Crippen LogP contribution in [-0.2, 0) is 9.47 Å². The van der Waals surface area contributed by atoms with E-state index < -0.39 is 6.17 Å². The first kappa shape index (κ1) is 20.3. The average Bonchev–Trinajstić information content (AvgIpc) is 3.02. The van der Waals surface area contributed by atoms with Gasteiger partial charge < -0.3 is 25.6 Å². The van der Waals surface area contributed by atoms with Crippen LogP contribution in [0, 0.1) is 11.8 Å². The monoisotopic (exact) mass is 379 g/mol. The number of fused-ring (bicyclic) bond motifs is 1. The number of nitrogens with zero attached hydrogens (tertiary/aromatic N) is 3. The first-order valence-electron chi connectivity index (χ1n) is 9.80. The third-order valence-electron chi connectivity index (χ3n) is 6.05. The summed E-state index contributed by atoms with van der Waals surface area (Å²) >= 11 is 0. The van der Waals surface area contributed by atoms with Crippen molar-refractivity contribution in [1.82, 2.24) is 9.55 Å². The maximum Gasteiger partial charge on any atom is 0.145 e. The molecule has 4 atom stereocenters. The van der Waals surface area contributed by atoms with Crippen molar-refractivity contribution in [3.63, 3.8) is 0 Å². The predicted octanol–water partition coefficient (Wildman–Crippen LogP) is 2.42. The van der Waals surface area contributed by atoms with Crippen molar-refractivity contribution in [1.29, 1.82) is 0 Å². The van der Waals surface area contributed by atoms with E-state index in [0.29, 0.717) is 18.4 Å². The number of hydrogen-bond acceptors (Lipinski definition) is 7. The number of nitrogens with one attached hydrogen (secondary N) is 1. The highest BCUT2D eigenvalue weighted by molar-refractivity contribution is 5.77. The Balaban J connectivity index is 0.00000102. The topological polar surface area (TPSA) is 107 Å². The lowest BCUT2D eigenvalue weighted by Gasteiger charge is -2.45. The molecule has 3 heterocycles. The Morgan fingerprint density at radius 1 is 1.37 bits per heavy atom. The van der Waals surface area contributed by atoms with E-state index in [-0.39, 0.29) is 17.9 Å². The summed E-state index contributed by atoms with van der Waals surface area (Å²) in [5, 5.41) is 10.2. The van der Waals surface area contributed by atoms with Crippen LogP contribution in [0.3, 0.4) is 0 Å². The van der Waals surface area contributed by atoms with Crippen LogP contribution in [0.4, 0.5) is 5.82 Å². The third kappa shape index (κ3) is 4.03. The number of nitrogens with two attached hydrogens (primary N) is 1. The van der Waals surface area contributed by atoms with Crippen LogP contribution in [-0.4, -0.2) is 46.4 Å². The van der Waals surface area contributed by atoms with Crippen LogP contribution < -0.4 is 11.1 Å². The molecule has 1 aromatic rings. The van der Waals surface area contributed by atoms with Gasteiger partial charge in [-0.15, -0.1) is 0 Å². The molecule has 27 heavy (non-hydrogen) atoms. The second kappa shape index (κ2) is 8.26. The van der Waals surface area contributed by atoms with Crippen molar-refractivity contribution in [3.8, 4) is 0 Å². The summed E-state index contributed by atoms with van der Waals surface area (Å²) in [6, 6.07) is 0. The summed E-state index contributed by atoms with van der Waals surface area (Å²) in [5.41, 5.74) is 6.68. The van der Waals surface area contributed by atoms with Gasteiger partial charge in [0.2, 0.25) is 0 Å². The fraction of sp³-hybridized carbons (Fsp3) is 0.789. The molecule has 2 aliphatic heterocycles. The number of hydrogen-bond donors (Lipinski definition) is 3. The number of aromatic nitrogens is 2. The van der Waals surface area contributed by atoms with Gasteiger partial charge in [0, 0.05) is 7.11 Å². The predicted molar refractivity (Wildman–Crippen MR) is 104 cm³/mol. The molecule has 4 unspecified atom stereocenters. The molecule has 0 amide bonds. The highest BCUT2D eigenvalue weighted by Gasteiger charge is 2.40. The van der Waals surface area contributed by atoms with Gasteiger partial charge >= 0.3 is 0 Å². The normalized spacial score (nSPS) is 30.6. The van der Waals surface area contributed by atoms with Gasteiger partial charge in [-0.25, -0.2) is 4.98 Å². The van der Waals surface area contributed by atoms with Crippen LogP contribution in [0.15, 0.2) is 11.3 Å². The Hall–Kier alpha value is -1.48. The Morgan fingerprint density at radius 2 is 2.11 bits per heavy atom. The van der Waals surface area contributed by atoms with E-state index >= 15 is 0 Å². The van der Waals surface area contributed by atoms with E-state index in [9.17, 15) is 0 Å². The summed E-state index contributed by atoms with van der Waals surface area (Å²) in [5.74, 6) is 1.99. The number of anilines is 1. The van der Waals surface area contributed by atoms with Crippen LogP contribution in [0.25, 0.3) is 0 Å². The SMILES string of the molecule is CC1CC(n2cnc3c2NC=NC3N)OCC1OC(C)(C)C1CCC1.CO. The Kier molecular flexibility index (Phi) is 6.20. The lowest BCUT2D eigenvalue weighted by atomic mass is 9.74. The van der Waals surface area contributed by atoms with Gasteiger partial charge in [-0.3, -0.25) is 9.56 Å². The average molecular weight is 380 g/mol. The first-order chi connectivity index (χ1) is 13.0. The lowest BCUT2D eigenvalue weighted by Crippen LogP contribution is -2.46. The minimum absolute atomic E-state index is 0.0517. The number of aliphatic hydroxyl groups excluding tert-OH is 1. The molecule has 4 N–H and O–H groups in total. The number of aliphatic imine (C=N–C) groups is 1. The Bertz CT molecular complexity index is 656. The quantitative estimate of drug-likeness (QED) is 0.742. The zero-order valence-corrected chi connectivity index (χ0v) is 16.8. The molecule has 0 radical (unpaired) electrons. The summed E-state index contributed by atoms with van der Waals surface area (Å²) in [7, 11) is 1.00. The summed E-state index contributed by atoms with van der Waals surface area (Å²) in [6.07, 6.45) is 7.90. The molecule has 1 saturated heterocycles. The molecule has 8 heteroatoms. The molecule has 0 aromatic carbocycles. The van der Waals surface area contributed by atoms with Gasteiger partial charge in [-0.2, -0.15) is 0 Å². The number of aliphatic hydroxyl groups is 1. The van der Waals surface area contributed by atoms with Gasteiger partial charge in [0.1, 0.15) is 23.9 Å². The van der Waals surface area contributed by atoms with Gasteiger partial charge in [-0.05, 0) is 44.9 Å². The second-order valence-corrected chi connectivity index (χ2v) is 8.14. The van der Waals surface area contributed by atoms with Crippen molar-refractivity contribution >= 4 is 12.2 Å². The molecule has 4 rings (SSSR count). The van der Waals surface area contributed by atoms with Gasteiger partial charge in [0.15, 0.2) is 0 Å². The number of ether oxygens (including phenoxy) is 2. The van der Waals surface area contributed by atoms with Crippen molar-refractivity contribution < 1.29 is 14.6 Å². The van der Waals surface area contributed by atoms with Crippen LogP contribution in [0.2, 0.25) is 0 Å². The third-order valence-corrected chi connectivity index (χ3v) is 6.05. The van der Waals surface area contributed by atoms with Crippen molar-refractivity contribution in [2.24, 2.45) is 22.6 Å². The fourth-order valence-electron chi connectivity index (χ4n) is 4.05. The molecule has 0 spiro atoms. The molecule has 0 bridgehead atoms. The van der Waals surface area contributed by atoms with Gasteiger partial charge in [-0.1, -0.05) is 13.3 Å². The minimum Gasteiger partial charge on any atom is -0.400 e. The number of rotatable bonds is 4. The van der Waals surface area contributed by atoms with E-state index in [1.165, 1.54) is 19.3 Å². The van der Waals surface area contributed by atoms with E-state index in [1.54, 1.807) is 12.7 Å². The Labute approximate surface area is 161 Å². The molecular formula is C19H33N5O3. The van der Waals surface area contributed by atoms with Crippen molar-refractivity contribution in [2.75, 3.05) is 19.0 Å². The highest BCUT2D eigenvalue weighted by atomic mass is 16.6. The first-order valence-corrected chi connectivity index (χ1v) is 9.80. The van der Waals surface area contributed by atoms with E-state index in [0.717, 1.165) is 25.0 Å². The lowest BCUT2D eigenvalue weighted by molar-refractivity contribution is -0.197. The van der Waals surface area contributed by atoms with E-state index in [1.807, 2.05) is 4.57 Å². The number of imidazole rings is 1. The smallest absolute Gasteiger partial charge is 0.145 e. The zero-order valence-electron chi connectivity index (χ0n) is 16.8. The minimum atomic E-state index is -0.405. The second-order valence-electron chi connectivity index (χ2n) is 8.14. The summed E-state index contributed by atoms with van der Waals surface area (Å²) in [6.45, 7) is 7.31. The molecule has 152 valence electrons. The largest absolute Gasteiger partial charge is 0.400 e. The highest BCUT2D eigenvalue weighted by Crippen LogP contribution is 2.41. The van der Waals surface area contributed by atoms with Crippen molar-refractivity contribution in [2.45, 2.75) is 70.6 Å². The maximum atomic E-state index is 7.00. The fourth-order valence-corrected chi connectivity index (χ4v) is 4.05. The Morgan fingerprint density at radius 3 is 2.74 bits per heavy atom. The molecule has 1 saturated carbocycles. The van der Waals surface area contributed by atoms with Crippen LogP contribution in [0.5, 0.6) is 0 Å². The van der Waals surface area contributed by atoms with Gasteiger partial charge in [0.05, 0.1) is 31.0 Å². The molecule has 2 fully saturated rings. The molecular weight excluding hydrogens is 346 g/mol. The van der Waals surface area contributed by atoms with E-state index in [4.69, 9.17) is 20.3 Å². The molecule has 8 nitrogen and oxygen atoms in total. The molecule has 3 aliphatic rings. The van der Waals surface area contributed by atoms with Crippen molar-refractivity contribution in [3.05, 3.63) is 12.0 Å². The maximum absolute atomic E-state index is 7.00. The zero-order chi connectivity index (χ0) is 19.6. The summed E-state index contributed by atoms with van der Waals surface area (Å²) in [4.78, 5) is 8.54. The summed E-state index contributed by atoms with van der Waals surface area (Å²) < 4.78 is 14.7. The van der Waals surface area contributed by atoms with Gasteiger partial charge in [0.25, 0.3) is 0 Å². The molecule has 1 aliphatic carbocycles. The van der Waals surface area contributed by atoms with Crippen LogP contribution in [0.1, 0.15) is 64.5 Å².